The van der Waals surface area contributed by atoms with Crippen LogP contribution in [0.15, 0.2) is 17.0 Å². The Morgan fingerprint density at radius 2 is 1.59 bits per heavy atom. The van der Waals surface area contributed by atoms with Gasteiger partial charge in [-0.2, -0.15) is 4.31 Å². The van der Waals surface area contributed by atoms with E-state index < -0.39 is 10.0 Å². The highest BCUT2D eigenvalue weighted by molar-refractivity contribution is 7.89. The maximum absolute atomic E-state index is 12.4. The van der Waals surface area contributed by atoms with Crippen molar-refractivity contribution < 1.29 is 8.42 Å². The van der Waals surface area contributed by atoms with Crippen LogP contribution in [0.25, 0.3) is 0 Å². The van der Waals surface area contributed by atoms with Gasteiger partial charge in [0.05, 0.1) is 4.90 Å². The molecule has 0 heterocycles. The summed E-state index contributed by atoms with van der Waals surface area (Å²) in [6, 6.07) is 3.49. The molecule has 1 aromatic rings. The summed E-state index contributed by atoms with van der Waals surface area (Å²) in [5.74, 6) is 0. The zero-order valence-corrected chi connectivity index (χ0v) is 11.9. The van der Waals surface area contributed by atoms with Crippen molar-refractivity contribution in [3.05, 3.63) is 35.7 Å². The van der Waals surface area contributed by atoms with Gasteiger partial charge in [0.1, 0.15) is 0 Å². The highest BCUT2D eigenvalue weighted by Gasteiger charge is 2.26. The highest BCUT2D eigenvalue weighted by atomic mass is 32.2. The van der Waals surface area contributed by atoms with Gasteiger partial charge in [-0.05, 0) is 45.7 Å². The summed E-state index contributed by atoms with van der Waals surface area (Å²) in [5.41, 5.74) is 2.65. The van der Waals surface area contributed by atoms with Gasteiger partial charge in [-0.15, -0.1) is 0 Å². The number of hydrogen-bond acceptors (Lipinski definition) is 2. The minimum absolute atomic E-state index is 0.292. The summed E-state index contributed by atoms with van der Waals surface area (Å²) in [5, 5.41) is 0. The first kappa shape index (κ1) is 14.2. The normalized spacial score (nSPS) is 12.5. The number of rotatable bonds is 3. The Morgan fingerprint density at radius 3 is 1.94 bits per heavy atom. The van der Waals surface area contributed by atoms with E-state index >= 15 is 0 Å². The predicted molar refractivity (Wildman–Crippen MR) is 70.4 cm³/mol. The Balaban J connectivity index is 3.45. The van der Waals surface area contributed by atoms with Crippen molar-refractivity contribution in [1.29, 1.82) is 0 Å². The fourth-order valence-electron chi connectivity index (χ4n) is 1.95. The van der Waals surface area contributed by atoms with Gasteiger partial charge < -0.3 is 0 Å². The lowest BCUT2D eigenvalue weighted by atomic mass is 10.1. The van der Waals surface area contributed by atoms with Crippen LogP contribution in [-0.2, 0) is 10.0 Å². The van der Waals surface area contributed by atoms with Crippen molar-refractivity contribution in [3.8, 4) is 0 Å². The number of benzene rings is 1. The molecule has 0 saturated heterocycles. The van der Waals surface area contributed by atoms with Crippen LogP contribution in [-0.4, -0.2) is 25.8 Å². The molecule has 0 N–H and O–H groups in total. The molecule has 0 aromatic heterocycles. The fraction of sp³-hybridized carbons (Fsp3) is 0.462. The van der Waals surface area contributed by atoms with E-state index in [9.17, 15) is 8.42 Å². The molecule has 0 spiro atoms. The van der Waals surface area contributed by atoms with Crippen molar-refractivity contribution >= 4 is 10.0 Å². The lowest BCUT2D eigenvalue weighted by molar-refractivity contribution is 0.434. The van der Waals surface area contributed by atoms with Crippen molar-refractivity contribution in [2.75, 3.05) is 7.05 Å². The molecule has 1 unspecified atom stereocenters. The molecule has 1 aromatic carbocycles. The molecule has 1 radical (unpaired) electrons. The molecule has 95 valence electrons. The first-order valence-corrected chi connectivity index (χ1v) is 7.01. The molecule has 0 aliphatic rings. The second-order valence-corrected chi connectivity index (χ2v) is 6.53. The second-order valence-electron chi connectivity index (χ2n) is 4.60. The van der Waals surface area contributed by atoms with Crippen LogP contribution < -0.4 is 0 Å². The van der Waals surface area contributed by atoms with Gasteiger partial charge in [-0.25, -0.2) is 8.42 Å². The minimum atomic E-state index is -3.45. The van der Waals surface area contributed by atoms with Crippen LogP contribution in [0.3, 0.4) is 0 Å². The van der Waals surface area contributed by atoms with E-state index in [1.165, 1.54) is 4.31 Å². The monoisotopic (exact) mass is 254 g/mol. The van der Waals surface area contributed by atoms with Crippen molar-refractivity contribution in [3.63, 3.8) is 0 Å². The van der Waals surface area contributed by atoms with Crippen LogP contribution >= 0.6 is 0 Å². The Labute approximate surface area is 105 Å². The van der Waals surface area contributed by atoms with Crippen molar-refractivity contribution in [1.82, 2.24) is 4.31 Å². The van der Waals surface area contributed by atoms with Gasteiger partial charge in [0.15, 0.2) is 0 Å². The van der Waals surface area contributed by atoms with E-state index in [1.807, 2.05) is 32.9 Å². The summed E-state index contributed by atoms with van der Waals surface area (Å²) in [4.78, 5) is 0.404. The Bertz CT molecular complexity index is 495. The number of aryl methyl sites for hydroxylation is 3. The van der Waals surface area contributed by atoms with Crippen LogP contribution in [0.4, 0.5) is 0 Å². The first-order valence-electron chi connectivity index (χ1n) is 5.57. The predicted octanol–water partition coefficient (Wildman–Crippen LogP) is 2.45. The standard InChI is InChI=1S/C13H20NO2S/c1-9(2)14(6)17(15,16)13-11(4)7-10(3)8-12(13)5/h7-9H,1H2,2-6H3. The summed E-state index contributed by atoms with van der Waals surface area (Å²) < 4.78 is 26.1. The van der Waals surface area contributed by atoms with Gasteiger partial charge in [0.2, 0.25) is 10.0 Å². The average Bonchev–Trinajstić information content (AvgIpc) is 2.13. The Kier molecular flexibility index (Phi) is 3.99. The molecule has 3 nitrogen and oxygen atoms in total. The molecule has 0 bridgehead atoms. The molecule has 0 fully saturated rings. The largest absolute Gasteiger partial charge is 0.243 e. The lowest BCUT2D eigenvalue weighted by Gasteiger charge is -2.23. The maximum Gasteiger partial charge on any atom is 0.243 e. The summed E-state index contributed by atoms with van der Waals surface area (Å²) in [6.45, 7) is 11.1. The summed E-state index contributed by atoms with van der Waals surface area (Å²) in [6.07, 6.45) is 0. The lowest BCUT2D eigenvalue weighted by Crippen LogP contribution is -2.34. The first-order chi connectivity index (χ1) is 7.67. The van der Waals surface area contributed by atoms with Crippen molar-refractivity contribution in [2.45, 2.75) is 38.6 Å². The molecule has 17 heavy (non-hydrogen) atoms. The molecule has 0 aliphatic heterocycles. The van der Waals surface area contributed by atoms with Gasteiger partial charge in [-0.3, -0.25) is 0 Å². The van der Waals surface area contributed by atoms with E-state index in [4.69, 9.17) is 0 Å². The maximum atomic E-state index is 12.4. The molecule has 0 saturated carbocycles. The third-order valence-electron chi connectivity index (χ3n) is 2.86. The number of sulfonamides is 1. The zero-order chi connectivity index (χ0) is 13.4. The molecule has 1 rings (SSSR count). The van der Waals surface area contributed by atoms with Gasteiger partial charge in [0.25, 0.3) is 0 Å². The smallest absolute Gasteiger partial charge is 0.207 e. The summed E-state index contributed by atoms with van der Waals surface area (Å²) >= 11 is 0. The summed E-state index contributed by atoms with van der Waals surface area (Å²) in [7, 11) is -1.88. The molecular formula is C13H20NO2S. The molecule has 0 aliphatic carbocycles. The van der Waals surface area contributed by atoms with Gasteiger partial charge in [0, 0.05) is 13.1 Å². The Hall–Kier alpha value is -0.870. The number of hydrogen-bond donors (Lipinski definition) is 0. The third kappa shape index (κ3) is 2.69. The molecule has 4 heteroatoms. The highest BCUT2D eigenvalue weighted by Crippen LogP contribution is 2.25. The number of nitrogens with zero attached hydrogens (tertiary/aromatic N) is 1. The fourth-order valence-corrected chi connectivity index (χ4v) is 3.65. The van der Waals surface area contributed by atoms with Crippen molar-refractivity contribution in [2.24, 2.45) is 0 Å². The quantitative estimate of drug-likeness (QED) is 0.831. The molecule has 0 amide bonds. The van der Waals surface area contributed by atoms with Crippen LogP contribution in [0, 0.1) is 27.7 Å². The van der Waals surface area contributed by atoms with Crippen LogP contribution in [0.5, 0.6) is 0 Å². The van der Waals surface area contributed by atoms with Crippen LogP contribution in [0.2, 0.25) is 0 Å². The average molecular weight is 254 g/mol. The second kappa shape index (κ2) is 4.78. The van der Waals surface area contributed by atoms with E-state index in [0.29, 0.717) is 4.90 Å². The van der Waals surface area contributed by atoms with E-state index in [-0.39, 0.29) is 6.04 Å². The molecular weight excluding hydrogens is 234 g/mol. The van der Waals surface area contributed by atoms with E-state index in [1.54, 1.807) is 14.0 Å². The van der Waals surface area contributed by atoms with E-state index in [0.717, 1.165) is 16.7 Å². The van der Waals surface area contributed by atoms with Crippen LogP contribution in [0.1, 0.15) is 23.6 Å². The molecule has 1 atom stereocenters. The topological polar surface area (TPSA) is 37.4 Å². The Morgan fingerprint density at radius 1 is 1.18 bits per heavy atom. The third-order valence-corrected chi connectivity index (χ3v) is 5.14. The van der Waals surface area contributed by atoms with E-state index in [2.05, 4.69) is 6.92 Å². The zero-order valence-electron chi connectivity index (χ0n) is 11.1. The van der Waals surface area contributed by atoms with Gasteiger partial charge in [-0.1, -0.05) is 17.7 Å². The minimum Gasteiger partial charge on any atom is -0.207 e. The van der Waals surface area contributed by atoms with Gasteiger partial charge >= 0.3 is 0 Å². The SMILES string of the molecule is [CH2]C(C)N(C)S(=O)(=O)c1c(C)cc(C)cc1C.